The van der Waals surface area contributed by atoms with Crippen molar-refractivity contribution in [2.75, 3.05) is 25.1 Å². The number of aliphatic hydroxyl groups is 1. The van der Waals surface area contributed by atoms with Crippen LogP contribution in [-0.4, -0.2) is 36.0 Å². The van der Waals surface area contributed by atoms with Gasteiger partial charge in [-0.1, -0.05) is 18.2 Å². The molecule has 4 nitrogen and oxygen atoms in total. The van der Waals surface area contributed by atoms with Crippen LogP contribution in [0.1, 0.15) is 10.6 Å². The Balaban J connectivity index is 1.58. The zero-order valence-corrected chi connectivity index (χ0v) is 12.4. The number of hydrogen-bond acceptors (Lipinski definition) is 5. The minimum atomic E-state index is -0.502. The first-order valence-electron chi connectivity index (χ1n) is 6.69. The average Bonchev–Trinajstić information content (AvgIpc) is 2.88. The molecule has 2 aromatic rings. The summed E-state index contributed by atoms with van der Waals surface area (Å²) in [6.45, 7) is 3.46. The first kappa shape index (κ1) is 15.0. The lowest BCUT2D eigenvalue weighted by Crippen LogP contribution is -2.25. The molecule has 1 aromatic carbocycles. The van der Waals surface area contributed by atoms with Crippen LogP contribution < -0.4 is 5.32 Å². The van der Waals surface area contributed by atoms with E-state index in [-0.39, 0.29) is 0 Å². The summed E-state index contributed by atoms with van der Waals surface area (Å²) in [5, 5.41) is 13.0. The van der Waals surface area contributed by atoms with Crippen molar-refractivity contribution in [1.29, 1.82) is 0 Å². The number of ether oxygens (including phenoxy) is 1. The summed E-state index contributed by atoms with van der Waals surface area (Å²) in [5.74, 6) is 0. The molecule has 0 radical (unpaired) electrons. The van der Waals surface area contributed by atoms with E-state index in [9.17, 15) is 5.11 Å². The maximum absolute atomic E-state index is 9.83. The van der Waals surface area contributed by atoms with E-state index in [4.69, 9.17) is 4.74 Å². The molecule has 1 unspecified atom stereocenters. The molecular weight excluding hydrogens is 272 g/mol. The summed E-state index contributed by atoms with van der Waals surface area (Å²) in [6, 6.07) is 9.83. The number of thiazole rings is 1. The van der Waals surface area contributed by atoms with Crippen molar-refractivity contribution in [3.05, 3.63) is 46.4 Å². The quantitative estimate of drug-likeness (QED) is 0.734. The first-order valence-corrected chi connectivity index (χ1v) is 7.57. The number of rotatable bonds is 8. The third kappa shape index (κ3) is 4.92. The van der Waals surface area contributed by atoms with Crippen molar-refractivity contribution in [1.82, 2.24) is 4.98 Å². The molecule has 1 atom stereocenters. The van der Waals surface area contributed by atoms with Crippen LogP contribution in [0.15, 0.2) is 35.8 Å². The van der Waals surface area contributed by atoms with Gasteiger partial charge < -0.3 is 15.2 Å². The van der Waals surface area contributed by atoms with Gasteiger partial charge in [0.05, 0.1) is 30.5 Å². The highest BCUT2D eigenvalue weighted by Gasteiger charge is 2.05. The molecule has 0 amide bonds. The van der Waals surface area contributed by atoms with Gasteiger partial charge in [-0.05, 0) is 19.1 Å². The van der Waals surface area contributed by atoms with Gasteiger partial charge in [-0.3, -0.25) is 0 Å². The molecule has 0 saturated heterocycles. The van der Waals surface area contributed by atoms with Crippen LogP contribution in [0.4, 0.5) is 5.69 Å². The zero-order chi connectivity index (χ0) is 14.2. The van der Waals surface area contributed by atoms with Crippen molar-refractivity contribution in [3.8, 4) is 0 Å². The smallest absolute Gasteiger partial charge is 0.0945 e. The van der Waals surface area contributed by atoms with E-state index >= 15 is 0 Å². The lowest BCUT2D eigenvalue weighted by atomic mass is 10.3. The van der Waals surface area contributed by atoms with Crippen LogP contribution in [0.25, 0.3) is 0 Å². The van der Waals surface area contributed by atoms with E-state index < -0.39 is 6.10 Å². The zero-order valence-electron chi connectivity index (χ0n) is 11.6. The molecule has 2 rings (SSSR count). The van der Waals surface area contributed by atoms with Crippen LogP contribution in [0.2, 0.25) is 0 Å². The van der Waals surface area contributed by atoms with E-state index in [1.807, 2.05) is 42.8 Å². The molecule has 0 aliphatic carbocycles. The van der Waals surface area contributed by atoms with Gasteiger partial charge in [-0.15, -0.1) is 11.3 Å². The average molecular weight is 292 g/mol. The molecule has 2 N–H and O–H groups in total. The molecule has 0 aliphatic heterocycles. The first-order chi connectivity index (χ1) is 9.75. The van der Waals surface area contributed by atoms with Crippen LogP contribution in [0.3, 0.4) is 0 Å². The van der Waals surface area contributed by atoms with Crippen LogP contribution in [-0.2, 0) is 11.2 Å². The monoisotopic (exact) mass is 292 g/mol. The second-order valence-corrected chi connectivity index (χ2v) is 5.53. The minimum absolute atomic E-state index is 0.345. The third-order valence-electron chi connectivity index (χ3n) is 2.94. The van der Waals surface area contributed by atoms with Crippen molar-refractivity contribution < 1.29 is 9.84 Å². The predicted octanol–water partition coefficient (Wildman–Crippen LogP) is 2.48. The predicted molar refractivity (Wildman–Crippen MR) is 82.3 cm³/mol. The highest BCUT2D eigenvalue weighted by atomic mass is 32.1. The van der Waals surface area contributed by atoms with Gasteiger partial charge in [-0.2, -0.15) is 0 Å². The lowest BCUT2D eigenvalue weighted by molar-refractivity contribution is 0.0449. The highest BCUT2D eigenvalue weighted by molar-refractivity contribution is 7.09. The molecule has 108 valence electrons. The molecule has 0 spiro atoms. The Morgan fingerprint density at radius 1 is 1.35 bits per heavy atom. The van der Waals surface area contributed by atoms with Gasteiger partial charge in [0.2, 0.25) is 0 Å². The van der Waals surface area contributed by atoms with Gasteiger partial charge in [0.15, 0.2) is 0 Å². The fourth-order valence-corrected chi connectivity index (χ4v) is 2.56. The van der Waals surface area contributed by atoms with E-state index in [0.29, 0.717) is 19.8 Å². The van der Waals surface area contributed by atoms with Crippen molar-refractivity contribution in [2.45, 2.75) is 19.4 Å². The summed E-state index contributed by atoms with van der Waals surface area (Å²) in [6.07, 6.45) is 0.354. The molecule has 0 aliphatic rings. The number of para-hydroxylation sites is 1. The number of nitrogens with zero attached hydrogens (tertiary/aromatic N) is 1. The van der Waals surface area contributed by atoms with Crippen LogP contribution >= 0.6 is 11.3 Å². The summed E-state index contributed by atoms with van der Waals surface area (Å²) < 4.78 is 5.50. The number of nitrogens with one attached hydrogen (secondary N) is 1. The number of aliphatic hydroxyl groups excluding tert-OH is 1. The van der Waals surface area contributed by atoms with Crippen molar-refractivity contribution in [3.63, 3.8) is 0 Å². The molecule has 0 fully saturated rings. The topological polar surface area (TPSA) is 54.4 Å². The standard InChI is InChI=1S/C15H20N2O2S/c1-12-15(20-11-17-12)7-8-19-10-14(18)9-16-13-5-3-2-4-6-13/h2-6,11,14,16,18H,7-10H2,1H3. The number of aromatic nitrogens is 1. The third-order valence-corrected chi connectivity index (χ3v) is 3.94. The normalized spacial score (nSPS) is 12.3. The Morgan fingerprint density at radius 2 is 2.15 bits per heavy atom. The van der Waals surface area contributed by atoms with Crippen molar-refractivity contribution in [2.24, 2.45) is 0 Å². The fourth-order valence-electron chi connectivity index (χ4n) is 1.80. The molecule has 20 heavy (non-hydrogen) atoms. The Kier molecular flexibility index (Phi) is 5.98. The van der Waals surface area contributed by atoms with Gasteiger partial charge in [0.25, 0.3) is 0 Å². The van der Waals surface area contributed by atoms with Gasteiger partial charge in [0.1, 0.15) is 0 Å². The summed E-state index contributed by atoms with van der Waals surface area (Å²) in [4.78, 5) is 5.45. The second kappa shape index (κ2) is 7.99. The molecule has 1 heterocycles. The van der Waals surface area contributed by atoms with E-state index in [2.05, 4.69) is 10.3 Å². The minimum Gasteiger partial charge on any atom is -0.389 e. The van der Waals surface area contributed by atoms with Gasteiger partial charge >= 0.3 is 0 Å². The lowest BCUT2D eigenvalue weighted by Gasteiger charge is -2.13. The van der Waals surface area contributed by atoms with Crippen LogP contribution in [0.5, 0.6) is 0 Å². The van der Waals surface area contributed by atoms with E-state index in [0.717, 1.165) is 17.8 Å². The second-order valence-electron chi connectivity index (χ2n) is 4.59. The molecule has 0 saturated carbocycles. The molecular formula is C15H20N2O2S. The van der Waals surface area contributed by atoms with Gasteiger partial charge in [-0.25, -0.2) is 4.98 Å². The summed E-state index contributed by atoms with van der Waals surface area (Å²) in [7, 11) is 0. The summed E-state index contributed by atoms with van der Waals surface area (Å²) >= 11 is 1.65. The number of anilines is 1. The highest BCUT2D eigenvalue weighted by Crippen LogP contribution is 2.12. The summed E-state index contributed by atoms with van der Waals surface area (Å²) in [5.41, 5.74) is 3.93. The largest absolute Gasteiger partial charge is 0.389 e. The molecule has 5 heteroatoms. The SMILES string of the molecule is Cc1ncsc1CCOCC(O)CNc1ccccc1. The maximum atomic E-state index is 9.83. The number of hydrogen-bond donors (Lipinski definition) is 2. The van der Waals surface area contributed by atoms with Gasteiger partial charge in [0, 0.05) is 23.5 Å². The maximum Gasteiger partial charge on any atom is 0.0945 e. The Bertz CT molecular complexity index is 502. The molecule has 0 bridgehead atoms. The Labute approximate surface area is 123 Å². The Morgan fingerprint density at radius 3 is 2.85 bits per heavy atom. The van der Waals surface area contributed by atoms with Crippen molar-refractivity contribution >= 4 is 17.0 Å². The van der Waals surface area contributed by atoms with Crippen LogP contribution in [0, 0.1) is 6.92 Å². The van der Waals surface area contributed by atoms with E-state index in [1.165, 1.54) is 4.88 Å². The Hall–Kier alpha value is -1.43. The number of benzene rings is 1. The molecule has 1 aromatic heterocycles. The fraction of sp³-hybridized carbons (Fsp3) is 0.400. The number of aryl methyl sites for hydroxylation is 1. The van der Waals surface area contributed by atoms with E-state index in [1.54, 1.807) is 11.3 Å².